The highest BCUT2D eigenvalue weighted by Crippen LogP contribution is 2.22. The highest BCUT2D eigenvalue weighted by atomic mass is 35.5. The van der Waals surface area contributed by atoms with Crippen molar-refractivity contribution in [1.29, 1.82) is 5.26 Å². The van der Waals surface area contributed by atoms with Crippen molar-refractivity contribution in [3.05, 3.63) is 50.7 Å². The average molecular weight is 263 g/mol. The lowest BCUT2D eigenvalue weighted by molar-refractivity contribution is 1.13. The van der Waals surface area contributed by atoms with Gasteiger partial charge in [-0.05, 0) is 47.0 Å². The van der Waals surface area contributed by atoms with Crippen LogP contribution >= 0.6 is 22.9 Å². The molecule has 0 fully saturated rings. The Labute approximate surface area is 109 Å². The molecule has 86 valence electrons. The topological polar surface area (TPSA) is 35.8 Å². The lowest BCUT2D eigenvalue weighted by atomic mass is 10.1. The van der Waals surface area contributed by atoms with E-state index >= 15 is 0 Å². The number of nitrogens with one attached hydrogen (secondary N) is 1. The first-order valence-corrected chi connectivity index (χ1v) is 6.48. The quantitative estimate of drug-likeness (QED) is 0.900. The maximum Gasteiger partial charge on any atom is 0.101 e. The fourth-order valence-corrected chi connectivity index (χ4v) is 2.55. The molecule has 4 heteroatoms. The van der Waals surface area contributed by atoms with Crippen molar-refractivity contribution in [2.45, 2.75) is 13.5 Å². The predicted octanol–water partition coefficient (Wildman–Crippen LogP) is 4.19. The largest absolute Gasteiger partial charge is 0.380 e. The van der Waals surface area contributed by atoms with Gasteiger partial charge in [-0.3, -0.25) is 0 Å². The van der Waals surface area contributed by atoms with Crippen molar-refractivity contribution in [2.24, 2.45) is 0 Å². The zero-order valence-electron chi connectivity index (χ0n) is 9.33. The number of nitrogens with zero attached hydrogens (tertiary/aromatic N) is 1. The Morgan fingerprint density at radius 3 is 2.88 bits per heavy atom. The van der Waals surface area contributed by atoms with Crippen LogP contribution in [0.4, 0.5) is 5.69 Å². The summed E-state index contributed by atoms with van der Waals surface area (Å²) in [4.78, 5) is 0. The highest BCUT2D eigenvalue weighted by Gasteiger charge is 2.04. The second-order valence-corrected chi connectivity index (χ2v) is 4.92. The number of anilines is 1. The van der Waals surface area contributed by atoms with E-state index < -0.39 is 0 Å². The van der Waals surface area contributed by atoms with Crippen LogP contribution in [0, 0.1) is 18.3 Å². The van der Waals surface area contributed by atoms with Crippen LogP contribution in [-0.2, 0) is 6.54 Å². The predicted molar refractivity (Wildman–Crippen MR) is 72.5 cm³/mol. The van der Waals surface area contributed by atoms with Crippen LogP contribution in [-0.4, -0.2) is 0 Å². The minimum absolute atomic E-state index is 0.613. The standard InChI is InChI=1S/C13H11ClN2S/c1-9-7-17-8-11(9)6-16-13-4-12(14)3-2-10(13)5-15/h2-4,7-8,16H,6H2,1H3. The molecule has 17 heavy (non-hydrogen) atoms. The van der Waals surface area contributed by atoms with Gasteiger partial charge in [0.25, 0.3) is 0 Å². The smallest absolute Gasteiger partial charge is 0.101 e. The molecule has 0 saturated heterocycles. The van der Waals surface area contributed by atoms with Gasteiger partial charge in [0.1, 0.15) is 6.07 Å². The van der Waals surface area contributed by atoms with E-state index in [4.69, 9.17) is 16.9 Å². The number of halogens is 1. The van der Waals surface area contributed by atoms with Crippen molar-refractivity contribution in [1.82, 2.24) is 0 Å². The van der Waals surface area contributed by atoms with Gasteiger partial charge in [-0.2, -0.15) is 16.6 Å². The van der Waals surface area contributed by atoms with Gasteiger partial charge in [0.05, 0.1) is 11.3 Å². The summed E-state index contributed by atoms with van der Waals surface area (Å²) in [6, 6.07) is 7.38. The molecule has 0 aliphatic rings. The number of thiophene rings is 1. The second-order valence-electron chi connectivity index (χ2n) is 3.74. The number of rotatable bonds is 3. The van der Waals surface area contributed by atoms with Crippen LogP contribution in [0.15, 0.2) is 29.0 Å². The van der Waals surface area contributed by atoms with Crippen molar-refractivity contribution < 1.29 is 0 Å². The van der Waals surface area contributed by atoms with E-state index in [0.29, 0.717) is 17.1 Å². The van der Waals surface area contributed by atoms with Crippen LogP contribution in [0.1, 0.15) is 16.7 Å². The first-order chi connectivity index (χ1) is 8.20. The SMILES string of the molecule is Cc1cscc1CNc1cc(Cl)ccc1C#N. The summed E-state index contributed by atoms with van der Waals surface area (Å²) in [5.41, 5.74) is 3.91. The van der Waals surface area contributed by atoms with Gasteiger partial charge in [0.15, 0.2) is 0 Å². The number of aryl methyl sites for hydroxylation is 1. The van der Waals surface area contributed by atoms with E-state index in [0.717, 1.165) is 5.69 Å². The summed E-state index contributed by atoms with van der Waals surface area (Å²) in [6.07, 6.45) is 0. The minimum Gasteiger partial charge on any atom is -0.380 e. The first-order valence-electron chi connectivity index (χ1n) is 5.16. The molecule has 0 spiro atoms. The fraction of sp³-hybridized carbons (Fsp3) is 0.154. The van der Waals surface area contributed by atoms with Gasteiger partial charge in [-0.25, -0.2) is 0 Å². The lowest BCUT2D eigenvalue weighted by Gasteiger charge is -2.08. The van der Waals surface area contributed by atoms with Crippen LogP contribution in [0.25, 0.3) is 0 Å². The zero-order chi connectivity index (χ0) is 12.3. The van der Waals surface area contributed by atoms with Gasteiger partial charge >= 0.3 is 0 Å². The Bertz CT molecular complexity index is 569. The Balaban J connectivity index is 2.17. The Hall–Kier alpha value is -1.50. The summed E-state index contributed by atoms with van der Waals surface area (Å²) >= 11 is 7.60. The van der Waals surface area contributed by atoms with Crippen LogP contribution in [0.2, 0.25) is 5.02 Å². The van der Waals surface area contributed by atoms with Gasteiger partial charge < -0.3 is 5.32 Å². The number of benzene rings is 1. The summed E-state index contributed by atoms with van der Waals surface area (Å²) in [5.74, 6) is 0. The van der Waals surface area contributed by atoms with E-state index in [2.05, 4.69) is 29.1 Å². The van der Waals surface area contributed by atoms with Gasteiger partial charge in [-0.15, -0.1) is 0 Å². The Morgan fingerprint density at radius 1 is 1.41 bits per heavy atom. The molecule has 0 amide bonds. The van der Waals surface area contributed by atoms with Gasteiger partial charge in [-0.1, -0.05) is 11.6 Å². The second kappa shape index (κ2) is 5.22. The number of hydrogen-bond donors (Lipinski definition) is 1. The molecule has 0 atom stereocenters. The molecule has 2 aromatic rings. The third-order valence-electron chi connectivity index (χ3n) is 2.53. The molecule has 0 bridgehead atoms. The monoisotopic (exact) mass is 262 g/mol. The minimum atomic E-state index is 0.613. The van der Waals surface area contributed by atoms with E-state index in [1.54, 1.807) is 29.5 Å². The molecule has 2 nitrogen and oxygen atoms in total. The first kappa shape index (κ1) is 12.0. The van der Waals surface area contributed by atoms with Gasteiger partial charge in [0.2, 0.25) is 0 Å². The third-order valence-corrected chi connectivity index (χ3v) is 3.68. The van der Waals surface area contributed by atoms with Crippen LogP contribution in [0.5, 0.6) is 0 Å². The molecular weight excluding hydrogens is 252 g/mol. The summed E-state index contributed by atoms with van der Waals surface area (Å²) in [6.45, 7) is 2.79. The summed E-state index contributed by atoms with van der Waals surface area (Å²) in [5, 5.41) is 17.1. The van der Waals surface area contributed by atoms with Crippen molar-refractivity contribution in [3.63, 3.8) is 0 Å². The lowest BCUT2D eigenvalue weighted by Crippen LogP contribution is -2.01. The van der Waals surface area contributed by atoms with E-state index in [1.807, 2.05) is 0 Å². The highest BCUT2D eigenvalue weighted by molar-refractivity contribution is 7.08. The summed E-state index contributed by atoms with van der Waals surface area (Å²) < 4.78 is 0. The molecule has 0 aliphatic carbocycles. The Morgan fingerprint density at radius 2 is 2.24 bits per heavy atom. The van der Waals surface area contributed by atoms with E-state index in [-0.39, 0.29) is 0 Å². The molecule has 0 unspecified atom stereocenters. The molecule has 0 saturated carbocycles. The van der Waals surface area contributed by atoms with Crippen molar-refractivity contribution in [2.75, 3.05) is 5.32 Å². The van der Waals surface area contributed by atoms with Crippen molar-refractivity contribution in [3.8, 4) is 6.07 Å². The van der Waals surface area contributed by atoms with Crippen LogP contribution in [0.3, 0.4) is 0 Å². The third kappa shape index (κ3) is 2.79. The molecule has 0 radical (unpaired) electrons. The molecule has 2 rings (SSSR count). The van der Waals surface area contributed by atoms with Crippen LogP contribution < -0.4 is 5.32 Å². The molecule has 1 aromatic heterocycles. The normalized spacial score (nSPS) is 9.94. The average Bonchev–Trinajstić information content (AvgIpc) is 2.72. The number of nitriles is 1. The molecule has 0 aliphatic heterocycles. The molecular formula is C13H11ClN2S. The molecule has 1 aromatic carbocycles. The summed E-state index contributed by atoms with van der Waals surface area (Å²) in [7, 11) is 0. The molecule has 1 N–H and O–H groups in total. The molecule has 1 heterocycles. The zero-order valence-corrected chi connectivity index (χ0v) is 10.9. The maximum atomic E-state index is 8.99. The fourth-order valence-electron chi connectivity index (χ4n) is 1.52. The van der Waals surface area contributed by atoms with E-state index in [1.165, 1.54) is 11.1 Å². The van der Waals surface area contributed by atoms with Crippen molar-refractivity contribution >= 4 is 28.6 Å². The number of hydrogen-bond acceptors (Lipinski definition) is 3. The Kier molecular flexibility index (Phi) is 3.68. The maximum absolute atomic E-state index is 8.99. The van der Waals surface area contributed by atoms with Gasteiger partial charge in [0, 0.05) is 11.6 Å². The van der Waals surface area contributed by atoms with E-state index in [9.17, 15) is 0 Å².